The molecule has 5 heteroatoms. The fraction of sp³-hybridized carbons (Fsp3) is 0.643. The normalized spacial score (nSPS) is 24.9. The van der Waals surface area contributed by atoms with Crippen molar-refractivity contribution in [2.75, 3.05) is 39.3 Å². The van der Waals surface area contributed by atoms with Crippen LogP contribution in [0.4, 0.5) is 0 Å². The average Bonchev–Trinajstić information content (AvgIpc) is 3.09. The summed E-state index contributed by atoms with van der Waals surface area (Å²) in [6.45, 7) is 7.61. The molecule has 2 saturated heterocycles. The first-order chi connectivity index (χ1) is 9.24. The number of piperazine rings is 1. The Morgan fingerprint density at radius 3 is 2.68 bits per heavy atom. The van der Waals surface area contributed by atoms with Crippen molar-refractivity contribution in [3.05, 3.63) is 23.7 Å². The number of carbonyl (C=O) groups excluding carboxylic acids is 1. The van der Waals surface area contributed by atoms with Gasteiger partial charge in [-0.2, -0.15) is 0 Å². The predicted molar refractivity (Wildman–Crippen MR) is 72.2 cm³/mol. The Bertz CT molecular complexity index is 443. The van der Waals surface area contributed by atoms with Gasteiger partial charge in [0.2, 0.25) is 0 Å². The Morgan fingerprint density at radius 2 is 2.11 bits per heavy atom. The van der Waals surface area contributed by atoms with Crippen molar-refractivity contribution >= 4 is 5.91 Å². The van der Waals surface area contributed by atoms with E-state index in [9.17, 15) is 4.79 Å². The zero-order valence-electron chi connectivity index (χ0n) is 11.4. The largest absolute Gasteiger partial charge is 0.456 e. The minimum Gasteiger partial charge on any atom is -0.456 e. The molecule has 2 fully saturated rings. The van der Waals surface area contributed by atoms with Crippen LogP contribution in [0.15, 0.2) is 16.5 Å². The lowest BCUT2D eigenvalue weighted by Crippen LogP contribution is -2.52. The molecule has 0 aliphatic carbocycles. The van der Waals surface area contributed by atoms with E-state index in [0.29, 0.717) is 11.8 Å². The van der Waals surface area contributed by atoms with E-state index in [1.165, 1.54) is 6.42 Å². The summed E-state index contributed by atoms with van der Waals surface area (Å²) in [5.74, 6) is 1.28. The smallest absolute Gasteiger partial charge is 0.289 e. The van der Waals surface area contributed by atoms with Crippen molar-refractivity contribution < 1.29 is 9.21 Å². The van der Waals surface area contributed by atoms with Crippen LogP contribution in [0.5, 0.6) is 0 Å². The van der Waals surface area contributed by atoms with E-state index >= 15 is 0 Å². The molecule has 0 radical (unpaired) electrons. The predicted octanol–water partition coefficient (Wildman–Crippen LogP) is 0.708. The summed E-state index contributed by atoms with van der Waals surface area (Å²) >= 11 is 0. The zero-order chi connectivity index (χ0) is 13.2. The molecule has 1 atom stereocenters. The molecule has 5 nitrogen and oxygen atoms in total. The van der Waals surface area contributed by atoms with Gasteiger partial charge in [-0.3, -0.25) is 9.69 Å². The number of hydrogen-bond acceptors (Lipinski definition) is 4. The van der Waals surface area contributed by atoms with Gasteiger partial charge in [-0.15, -0.1) is 0 Å². The van der Waals surface area contributed by atoms with Crippen molar-refractivity contribution in [3.63, 3.8) is 0 Å². The molecule has 1 aromatic rings. The first-order valence-corrected chi connectivity index (χ1v) is 7.04. The van der Waals surface area contributed by atoms with Crippen LogP contribution in [0.1, 0.15) is 22.7 Å². The van der Waals surface area contributed by atoms with Crippen LogP contribution in [0.3, 0.4) is 0 Å². The highest BCUT2D eigenvalue weighted by molar-refractivity contribution is 5.91. The second-order valence-corrected chi connectivity index (χ2v) is 5.39. The monoisotopic (exact) mass is 263 g/mol. The van der Waals surface area contributed by atoms with Crippen LogP contribution in [0.25, 0.3) is 0 Å². The second-order valence-electron chi connectivity index (χ2n) is 5.39. The van der Waals surface area contributed by atoms with Crippen molar-refractivity contribution in [1.82, 2.24) is 15.1 Å². The Morgan fingerprint density at radius 1 is 1.32 bits per heavy atom. The van der Waals surface area contributed by atoms with Crippen LogP contribution >= 0.6 is 0 Å². The maximum Gasteiger partial charge on any atom is 0.289 e. The topological polar surface area (TPSA) is 48.7 Å². The van der Waals surface area contributed by atoms with Gasteiger partial charge in [0.15, 0.2) is 5.76 Å². The van der Waals surface area contributed by atoms with E-state index in [1.807, 2.05) is 17.9 Å². The molecule has 1 N–H and O–H groups in total. The van der Waals surface area contributed by atoms with Gasteiger partial charge >= 0.3 is 0 Å². The lowest BCUT2D eigenvalue weighted by atomic mass is 10.2. The van der Waals surface area contributed by atoms with Gasteiger partial charge in [-0.05, 0) is 32.0 Å². The van der Waals surface area contributed by atoms with Gasteiger partial charge in [0, 0.05) is 38.8 Å². The number of carbonyl (C=O) groups is 1. The van der Waals surface area contributed by atoms with E-state index < -0.39 is 0 Å². The number of nitrogens with one attached hydrogen (secondary N) is 1. The number of nitrogens with zero attached hydrogens (tertiary/aromatic N) is 2. The minimum absolute atomic E-state index is 0.0253. The molecule has 1 unspecified atom stereocenters. The highest BCUT2D eigenvalue weighted by atomic mass is 16.3. The fourth-order valence-electron chi connectivity index (χ4n) is 2.95. The van der Waals surface area contributed by atoms with Gasteiger partial charge in [-0.1, -0.05) is 0 Å². The average molecular weight is 263 g/mol. The van der Waals surface area contributed by atoms with Crippen LogP contribution in [0, 0.1) is 6.92 Å². The Kier molecular flexibility index (Phi) is 3.57. The molecular formula is C14H21N3O2. The molecule has 0 saturated carbocycles. The molecule has 3 heterocycles. The second kappa shape index (κ2) is 5.35. The standard InChI is InChI=1S/C14H21N3O2/c1-11-2-3-13(19-11)14(18)17-8-6-16(7-9-17)12-4-5-15-10-12/h2-3,12,15H,4-10H2,1H3. The van der Waals surface area contributed by atoms with Crippen molar-refractivity contribution in [1.29, 1.82) is 0 Å². The zero-order valence-corrected chi connectivity index (χ0v) is 11.4. The molecule has 0 aromatic carbocycles. The molecule has 0 bridgehead atoms. The lowest BCUT2D eigenvalue weighted by molar-refractivity contribution is 0.0553. The number of amides is 1. The maximum atomic E-state index is 12.2. The molecular weight excluding hydrogens is 242 g/mol. The summed E-state index contributed by atoms with van der Waals surface area (Å²) in [6, 6.07) is 4.27. The van der Waals surface area contributed by atoms with Gasteiger partial charge in [-0.25, -0.2) is 0 Å². The van der Waals surface area contributed by atoms with E-state index in [1.54, 1.807) is 6.07 Å². The first-order valence-electron chi connectivity index (χ1n) is 7.04. The third kappa shape index (κ3) is 2.67. The fourth-order valence-corrected chi connectivity index (χ4v) is 2.95. The van der Waals surface area contributed by atoms with E-state index in [-0.39, 0.29) is 5.91 Å². The first kappa shape index (κ1) is 12.7. The molecule has 2 aliphatic rings. The van der Waals surface area contributed by atoms with Crippen LogP contribution in [-0.2, 0) is 0 Å². The molecule has 19 heavy (non-hydrogen) atoms. The van der Waals surface area contributed by atoms with Crippen molar-refractivity contribution in [2.45, 2.75) is 19.4 Å². The summed E-state index contributed by atoms with van der Waals surface area (Å²) < 4.78 is 5.41. The highest BCUT2D eigenvalue weighted by Gasteiger charge is 2.28. The van der Waals surface area contributed by atoms with E-state index in [4.69, 9.17) is 4.42 Å². The molecule has 0 spiro atoms. The van der Waals surface area contributed by atoms with Crippen molar-refractivity contribution in [2.24, 2.45) is 0 Å². The Labute approximate surface area is 113 Å². The van der Waals surface area contributed by atoms with Gasteiger partial charge < -0.3 is 14.6 Å². The third-order valence-corrected chi connectivity index (χ3v) is 4.10. The molecule has 104 valence electrons. The van der Waals surface area contributed by atoms with Crippen LogP contribution in [0.2, 0.25) is 0 Å². The quantitative estimate of drug-likeness (QED) is 0.853. The minimum atomic E-state index is 0.0253. The summed E-state index contributed by atoms with van der Waals surface area (Å²) in [7, 11) is 0. The Hall–Kier alpha value is -1.33. The van der Waals surface area contributed by atoms with Crippen LogP contribution < -0.4 is 5.32 Å². The van der Waals surface area contributed by atoms with E-state index in [0.717, 1.165) is 45.0 Å². The molecule has 1 amide bonds. The lowest BCUT2D eigenvalue weighted by Gasteiger charge is -2.37. The van der Waals surface area contributed by atoms with Gasteiger partial charge in [0.1, 0.15) is 5.76 Å². The summed E-state index contributed by atoms with van der Waals surface area (Å²) in [5, 5.41) is 3.39. The molecule has 2 aliphatic heterocycles. The summed E-state index contributed by atoms with van der Waals surface area (Å²) in [6.07, 6.45) is 1.23. The number of aryl methyl sites for hydroxylation is 1. The SMILES string of the molecule is Cc1ccc(C(=O)N2CCN(C3CCNC3)CC2)o1. The third-order valence-electron chi connectivity index (χ3n) is 4.10. The molecule has 1 aromatic heterocycles. The molecule has 3 rings (SSSR count). The van der Waals surface area contributed by atoms with Gasteiger partial charge in [0.25, 0.3) is 5.91 Å². The van der Waals surface area contributed by atoms with Crippen LogP contribution in [-0.4, -0.2) is 61.0 Å². The van der Waals surface area contributed by atoms with Crippen molar-refractivity contribution in [3.8, 4) is 0 Å². The number of hydrogen-bond donors (Lipinski definition) is 1. The van der Waals surface area contributed by atoms with E-state index in [2.05, 4.69) is 10.2 Å². The summed E-state index contributed by atoms with van der Waals surface area (Å²) in [5.41, 5.74) is 0. The maximum absolute atomic E-state index is 12.2. The highest BCUT2D eigenvalue weighted by Crippen LogP contribution is 2.15. The number of furan rings is 1. The Balaban J connectivity index is 1.56. The summed E-state index contributed by atoms with van der Waals surface area (Å²) in [4.78, 5) is 16.6. The number of rotatable bonds is 2. The van der Waals surface area contributed by atoms with Gasteiger partial charge in [0.05, 0.1) is 0 Å².